The highest BCUT2D eigenvalue weighted by molar-refractivity contribution is 6.38. The zero-order valence-corrected chi connectivity index (χ0v) is 29.9. The predicted molar refractivity (Wildman–Crippen MR) is 180 cm³/mol. The molecule has 3 fully saturated rings. The Hall–Kier alpha value is -1.50. The summed E-state index contributed by atoms with van der Waals surface area (Å²) < 4.78 is 0. The van der Waals surface area contributed by atoms with Crippen molar-refractivity contribution in [3.05, 3.63) is 27.7 Å². The normalized spacial score (nSPS) is 25.1. The van der Waals surface area contributed by atoms with E-state index in [1.807, 2.05) is 32.9 Å². The van der Waals surface area contributed by atoms with Crippen molar-refractivity contribution in [2.24, 2.45) is 16.7 Å². The molecule has 2 amide bonds. The standard InChI is InChI=1S/C35H56Cl2N4O2/c1-33(2,3)29-27(36)11-12-28(30(29)37)39-18-15-23(20-39)31(42)40-22-26(19-25(40)21-38(9)10)41(32(43)34(4,5)6)24-13-16-35(7,8)17-14-24/h11-12,23-26H,13-22H2,1-10H3/t23-,25-,26-/m0/s1. The first-order chi connectivity index (χ1) is 19.8. The minimum Gasteiger partial charge on any atom is -0.369 e. The molecule has 2 aliphatic heterocycles. The van der Waals surface area contributed by atoms with Gasteiger partial charge in [-0.2, -0.15) is 0 Å². The summed E-state index contributed by atoms with van der Waals surface area (Å²) in [6, 6.07) is 4.30. The van der Waals surface area contributed by atoms with Crippen LogP contribution in [-0.2, 0) is 15.0 Å². The van der Waals surface area contributed by atoms with Gasteiger partial charge in [0.2, 0.25) is 11.8 Å². The van der Waals surface area contributed by atoms with Crippen molar-refractivity contribution in [2.45, 2.75) is 117 Å². The number of nitrogens with zero attached hydrogens (tertiary/aromatic N) is 4. The third kappa shape index (κ3) is 7.66. The number of amides is 2. The van der Waals surface area contributed by atoms with Gasteiger partial charge in [0.25, 0.3) is 0 Å². The molecule has 6 nitrogen and oxygen atoms in total. The van der Waals surface area contributed by atoms with Crippen LogP contribution in [0, 0.1) is 16.7 Å². The number of hydrogen-bond donors (Lipinski definition) is 0. The van der Waals surface area contributed by atoms with Gasteiger partial charge in [-0.15, -0.1) is 0 Å². The fourth-order valence-corrected chi connectivity index (χ4v) is 8.58. The molecule has 4 rings (SSSR count). The van der Waals surface area contributed by atoms with E-state index in [1.54, 1.807) is 0 Å². The van der Waals surface area contributed by atoms with Crippen LogP contribution in [0.5, 0.6) is 0 Å². The van der Waals surface area contributed by atoms with Crippen molar-refractivity contribution in [2.75, 3.05) is 45.2 Å². The molecule has 1 saturated carbocycles. The molecule has 0 N–H and O–H groups in total. The third-order valence-corrected chi connectivity index (χ3v) is 10.6. The zero-order valence-electron chi connectivity index (χ0n) is 28.4. The van der Waals surface area contributed by atoms with Gasteiger partial charge in [-0.1, -0.05) is 78.6 Å². The van der Waals surface area contributed by atoms with Gasteiger partial charge >= 0.3 is 0 Å². The highest BCUT2D eigenvalue weighted by Crippen LogP contribution is 2.43. The number of rotatable bonds is 6. The molecule has 3 aliphatic rings. The Labute approximate surface area is 271 Å². The summed E-state index contributed by atoms with van der Waals surface area (Å²) in [6.07, 6.45) is 5.95. The van der Waals surface area contributed by atoms with Crippen molar-refractivity contribution < 1.29 is 9.59 Å². The third-order valence-electron chi connectivity index (χ3n) is 9.92. The van der Waals surface area contributed by atoms with E-state index in [0.717, 1.165) is 62.9 Å². The summed E-state index contributed by atoms with van der Waals surface area (Å²) in [6.45, 7) is 20.0. The Balaban J connectivity index is 1.56. The second kappa shape index (κ2) is 12.7. The number of carbonyl (C=O) groups excluding carboxylic acids is 2. The molecule has 0 radical (unpaired) electrons. The molecule has 1 aliphatic carbocycles. The number of anilines is 1. The van der Waals surface area contributed by atoms with Crippen molar-refractivity contribution in [3.63, 3.8) is 0 Å². The molecule has 8 heteroatoms. The van der Waals surface area contributed by atoms with E-state index in [9.17, 15) is 9.59 Å². The number of likely N-dealkylation sites (tertiary alicyclic amines) is 1. The van der Waals surface area contributed by atoms with E-state index < -0.39 is 5.41 Å². The van der Waals surface area contributed by atoms with Crippen LogP contribution in [0.4, 0.5) is 5.69 Å². The van der Waals surface area contributed by atoms with Crippen molar-refractivity contribution in [1.82, 2.24) is 14.7 Å². The van der Waals surface area contributed by atoms with Crippen LogP contribution in [0.3, 0.4) is 0 Å². The van der Waals surface area contributed by atoms with E-state index >= 15 is 0 Å². The summed E-state index contributed by atoms with van der Waals surface area (Å²) in [7, 11) is 4.15. The van der Waals surface area contributed by atoms with E-state index in [-0.39, 0.29) is 41.3 Å². The Morgan fingerprint density at radius 3 is 2.14 bits per heavy atom. The minimum atomic E-state index is -0.461. The number of halogens is 2. The van der Waals surface area contributed by atoms with E-state index in [2.05, 4.69) is 68.3 Å². The van der Waals surface area contributed by atoms with Crippen LogP contribution in [0.2, 0.25) is 10.0 Å². The van der Waals surface area contributed by atoms with Gasteiger partial charge < -0.3 is 19.6 Å². The van der Waals surface area contributed by atoms with E-state index in [0.29, 0.717) is 28.5 Å². The average Bonchev–Trinajstić information content (AvgIpc) is 3.51. The summed E-state index contributed by atoms with van der Waals surface area (Å²) in [5.41, 5.74) is 1.58. The summed E-state index contributed by atoms with van der Waals surface area (Å²) in [4.78, 5) is 37.1. The molecule has 0 aromatic heterocycles. The lowest BCUT2D eigenvalue weighted by Crippen LogP contribution is -2.54. The zero-order chi connectivity index (χ0) is 32.1. The maximum absolute atomic E-state index is 14.3. The Morgan fingerprint density at radius 2 is 1.58 bits per heavy atom. The van der Waals surface area contributed by atoms with Crippen LogP contribution in [-0.4, -0.2) is 84.9 Å². The molecule has 2 heterocycles. The molecule has 1 aromatic rings. The molecule has 43 heavy (non-hydrogen) atoms. The molecular weight excluding hydrogens is 579 g/mol. The molecule has 3 atom stereocenters. The summed E-state index contributed by atoms with van der Waals surface area (Å²) >= 11 is 13.5. The van der Waals surface area contributed by atoms with Gasteiger partial charge in [0.1, 0.15) is 0 Å². The van der Waals surface area contributed by atoms with Gasteiger partial charge in [-0.3, -0.25) is 9.59 Å². The SMILES string of the molecule is CN(C)C[C@@H]1C[C@H](N(C(=O)C(C)(C)C)C2CCC(C)(C)CC2)CN1C(=O)[C@H]1CCN(c2ccc(Cl)c(C(C)(C)C)c2Cl)C1. The first-order valence-electron chi connectivity index (χ1n) is 16.3. The van der Waals surface area contributed by atoms with E-state index in [1.165, 1.54) is 0 Å². The fourth-order valence-electron chi connectivity index (χ4n) is 7.53. The van der Waals surface area contributed by atoms with Crippen LogP contribution in [0.15, 0.2) is 12.1 Å². The van der Waals surface area contributed by atoms with Gasteiger partial charge in [-0.05, 0) is 81.1 Å². The fraction of sp³-hybridized carbons (Fsp3) is 0.771. The number of carbonyl (C=O) groups is 2. The molecule has 0 bridgehead atoms. The van der Waals surface area contributed by atoms with E-state index in [4.69, 9.17) is 23.2 Å². The predicted octanol–water partition coefficient (Wildman–Crippen LogP) is 7.49. The van der Waals surface area contributed by atoms with Crippen LogP contribution >= 0.6 is 23.2 Å². The van der Waals surface area contributed by atoms with Gasteiger partial charge in [0.15, 0.2) is 0 Å². The summed E-state index contributed by atoms with van der Waals surface area (Å²) in [5, 5.41) is 1.37. The first-order valence-corrected chi connectivity index (χ1v) is 17.1. The van der Waals surface area contributed by atoms with Crippen LogP contribution < -0.4 is 4.90 Å². The highest BCUT2D eigenvalue weighted by Gasteiger charge is 2.47. The van der Waals surface area contributed by atoms with Crippen molar-refractivity contribution in [1.29, 1.82) is 0 Å². The second-order valence-corrected chi connectivity index (χ2v) is 17.4. The monoisotopic (exact) mass is 634 g/mol. The lowest BCUT2D eigenvalue weighted by molar-refractivity contribution is -0.146. The molecule has 0 unspecified atom stereocenters. The molecule has 1 aromatic carbocycles. The topological polar surface area (TPSA) is 47.1 Å². The number of likely N-dealkylation sites (N-methyl/N-ethyl adjacent to an activating group) is 1. The molecular formula is C35H56Cl2N4O2. The average molecular weight is 636 g/mol. The summed E-state index contributed by atoms with van der Waals surface area (Å²) in [5.74, 6) is 0.334. The second-order valence-electron chi connectivity index (χ2n) is 16.6. The molecule has 2 saturated heterocycles. The van der Waals surface area contributed by atoms with Crippen LogP contribution in [0.25, 0.3) is 0 Å². The number of benzene rings is 1. The van der Waals surface area contributed by atoms with Crippen LogP contribution in [0.1, 0.15) is 99.5 Å². The lowest BCUT2D eigenvalue weighted by atomic mass is 9.74. The largest absolute Gasteiger partial charge is 0.369 e. The Kier molecular flexibility index (Phi) is 10.2. The quantitative estimate of drug-likeness (QED) is 0.325. The molecule has 242 valence electrons. The lowest BCUT2D eigenvalue weighted by Gasteiger charge is -2.45. The maximum Gasteiger partial charge on any atom is 0.228 e. The highest BCUT2D eigenvalue weighted by atomic mass is 35.5. The van der Waals surface area contributed by atoms with Gasteiger partial charge in [-0.25, -0.2) is 0 Å². The first kappa shape index (κ1) is 34.4. The number of hydrogen-bond acceptors (Lipinski definition) is 4. The van der Waals surface area contributed by atoms with Crippen molar-refractivity contribution in [3.8, 4) is 0 Å². The maximum atomic E-state index is 14.3. The Morgan fingerprint density at radius 1 is 0.953 bits per heavy atom. The van der Waals surface area contributed by atoms with Gasteiger partial charge in [0, 0.05) is 48.7 Å². The molecule has 0 spiro atoms. The minimum absolute atomic E-state index is 0.0457. The van der Waals surface area contributed by atoms with Gasteiger partial charge in [0.05, 0.1) is 22.7 Å². The van der Waals surface area contributed by atoms with Crippen molar-refractivity contribution >= 4 is 40.7 Å². The Bertz CT molecular complexity index is 1180. The smallest absolute Gasteiger partial charge is 0.228 e.